The topological polar surface area (TPSA) is 43.3 Å². The third kappa shape index (κ3) is 1.64. The highest BCUT2D eigenvalue weighted by Gasteiger charge is 2.26. The molecule has 1 rings (SSSR count). The third-order valence-corrected chi connectivity index (χ3v) is 1.91. The highest BCUT2D eigenvalue weighted by Crippen LogP contribution is 2.19. The summed E-state index contributed by atoms with van der Waals surface area (Å²) < 4.78 is -0.161. The number of likely N-dealkylation sites (tertiary alicyclic amines) is 1. The Morgan fingerprint density at radius 1 is 1.78 bits per heavy atom. The molecule has 3 heteroatoms. The minimum atomic E-state index is -0.161. The molecule has 1 aliphatic rings. The van der Waals surface area contributed by atoms with Crippen molar-refractivity contribution in [1.29, 1.82) is 0 Å². The first-order valence-electron chi connectivity index (χ1n) is 3.30. The molecule has 1 fully saturated rings. The van der Waals surface area contributed by atoms with Crippen LogP contribution in [0.3, 0.4) is 0 Å². The van der Waals surface area contributed by atoms with E-state index in [1.807, 2.05) is 0 Å². The van der Waals surface area contributed by atoms with Crippen LogP contribution in [0.25, 0.3) is 0 Å². The number of aliphatic hydroxyl groups excluding tert-OH is 1. The molecule has 1 saturated heterocycles. The van der Waals surface area contributed by atoms with E-state index in [4.69, 9.17) is 5.11 Å². The molecule has 0 aliphatic carbocycles. The standard InChI is InChI=1S/C6H13NO2/c1-7(9)3-2-6(4-7)5-8/h6,8H,2-5H2,1H3. The number of aliphatic hydroxyl groups is 1. The van der Waals surface area contributed by atoms with Gasteiger partial charge in [-0.25, -0.2) is 0 Å². The Morgan fingerprint density at radius 3 is 2.67 bits per heavy atom. The lowest BCUT2D eigenvalue weighted by molar-refractivity contribution is -0.849. The molecule has 1 heterocycles. The first kappa shape index (κ1) is 6.99. The highest BCUT2D eigenvalue weighted by atomic mass is 16.5. The number of rotatable bonds is 1. The van der Waals surface area contributed by atoms with E-state index in [1.165, 1.54) is 0 Å². The third-order valence-electron chi connectivity index (χ3n) is 1.91. The van der Waals surface area contributed by atoms with Gasteiger partial charge < -0.3 is 15.0 Å². The van der Waals surface area contributed by atoms with Crippen molar-refractivity contribution in [2.24, 2.45) is 5.92 Å². The van der Waals surface area contributed by atoms with Crippen molar-refractivity contribution < 1.29 is 9.75 Å². The molecule has 3 nitrogen and oxygen atoms in total. The number of hydrogen-bond acceptors (Lipinski definition) is 2. The van der Waals surface area contributed by atoms with Crippen molar-refractivity contribution >= 4 is 0 Å². The van der Waals surface area contributed by atoms with E-state index < -0.39 is 0 Å². The summed E-state index contributed by atoms with van der Waals surface area (Å²) in [7, 11) is 1.66. The zero-order chi connectivity index (χ0) is 6.91. The molecule has 0 aromatic heterocycles. The van der Waals surface area contributed by atoms with E-state index >= 15 is 0 Å². The summed E-state index contributed by atoms with van der Waals surface area (Å²) in [6.07, 6.45) is 0.885. The van der Waals surface area contributed by atoms with E-state index in [0.717, 1.165) is 6.42 Å². The highest BCUT2D eigenvalue weighted by molar-refractivity contribution is 4.63. The van der Waals surface area contributed by atoms with E-state index in [0.29, 0.717) is 13.1 Å². The van der Waals surface area contributed by atoms with Gasteiger partial charge in [-0.2, -0.15) is 0 Å². The van der Waals surface area contributed by atoms with Gasteiger partial charge in [0.05, 0.1) is 26.7 Å². The molecule has 0 spiro atoms. The second kappa shape index (κ2) is 2.25. The number of nitrogens with zero attached hydrogens (tertiary/aromatic N) is 1. The summed E-state index contributed by atoms with van der Waals surface area (Å²) >= 11 is 0. The van der Waals surface area contributed by atoms with Crippen LogP contribution >= 0.6 is 0 Å². The lowest BCUT2D eigenvalue weighted by Gasteiger charge is -2.33. The van der Waals surface area contributed by atoms with E-state index in [1.54, 1.807) is 7.05 Å². The number of quaternary nitrogens is 1. The molecule has 9 heavy (non-hydrogen) atoms. The Labute approximate surface area is 55.1 Å². The smallest absolute Gasteiger partial charge is 0.0834 e. The monoisotopic (exact) mass is 131 g/mol. The van der Waals surface area contributed by atoms with E-state index in [9.17, 15) is 5.21 Å². The van der Waals surface area contributed by atoms with Crippen LogP contribution in [-0.2, 0) is 0 Å². The van der Waals surface area contributed by atoms with Crippen LogP contribution in [0, 0.1) is 11.1 Å². The second-order valence-corrected chi connectivity index (χ2v) is 3.04. The fourth-order valence-corrected chi connectivity index (χ4v) is 1.33. The molecular weight excluding hydrogens is 118 g/mol. The summed E-state index contributed by atoms with van der Waals surface area (Å²) in [6, 6.07) is 0. The summed E-state index contributed by atoms with van der Waals surface area (Å²) in [5, 5.41) is 19.7. The van der Waals surface area contributed by atoms with Gasteiger partial charge >= 0.3 is 0 Å². The van der Waals surface area contributed by atoms with Crippen molar-refractivity contribution in [2.45, 2.75) is 6.42 Å². The van der Waals surface area contributed by atoms with Gasteiger partial charge in [0.25, 0.3) is 0 Å². The van der Waals surface area contributed by atoms with Crippen LogP contribution in [0.1, 0.15) is 6.42 Å². The number of hydroxylamine groups is 3. The van der Waals surface area contributed by atoms with Crippen LogP contribution in [-0.4, -0.2) is 36.5 Å². The molecule has 1 aliphatic heterocycles. The Balaban J connectivity index is 2.38. The Bertz CT molecular complexity index is 103. The molecule has 2 unspecified atom stereocenters. The van der Waals surface area contributed by atoms with Crippen LogP contribution in [0.4, 0.5) is 0 Å². The predicted octanol–water partition coefficient (Wildman–Crippen LogP) is -0.0570. The van der Waals surface area contributed by atoms with Crippen molar-refractivity contribution in [2.75, 3.05) is 26.7 Å². The van der Waals surface area contributed by atoms with Gasteiger partial charge in [0.15, 0.2) is 0 Å². The van der Waals surface area contributed by atoms with Crippen molar-refractivity contribution in [3.63, 3.8) is 0 Å². The van der Waals surface area contributed by atoms with Crippen LogP contribution in [0.5, 0.6) is 0 Å². The Kier molecular flexibility index (Phi) is 1.75. The largest absolute Gasteiger partial charge is 0.633 e. The normalized spacial score (nSPS) is 43.7. The molecule has 0 aromatic carbocycles. The van der Waals surface area contributed by atoms with Crippen LogP contribution < -0.4 is 0 Å². The SMILES string of the molecule is C[N+]1([O-])CCC(CO)C1. The quantitative estimate of drug-likeness (QED) is 0.400. The maximum atomic E-state index is 11.1. The molecule has 54 valence electrons. The summed E-state index contributed by atoms with van der Waals surface area (Å²) in [5.41, 5.74) is 0. The average Bonchev–Trinajstić information content (AvgIpc) is 2.10. The predicted molar refractivity (Wildman–Crippen MR) is 34.5 cm³/mol. The van der Waals surface area contributed by atoms with E-state index in [-0.39, 0.29) is 17.2 Å². The van der Waals surface area contributed by atoms with Crippen LogP contribution in [0.2, 0.25) is 0 Å². The molecule has 0 bridgehead atoms. The van der Waals surface area contributed by atoms with Crippen molar-refractivity contribution in [3.05, 3.63) is 5.21 Å². The first-order chi connectivity index (χ1) is 4.14. The molecule has 0 saturated carbocycles. The minimum absolute atomic E-state index is 0.161. The zero-order valence-corrected chi connectivity index (χ0v) is 5.71. The summed E-state index contributed by atoms with van der Waals surface area (Å²) in [4.78, 5) is 0. The second-order valence-electron chi connectivity index (χ2n) is 3.04. The maximum Gasteiger partial charge on any atom is 0.0834 e. The number of hydrogen-bond donors (Lipinski definition) is 1. The van der Waals surface area contributed by atoms with E-state index in [2.05, 4.69) is 0 Å². The van der Waals surface area contributed by atoms with Gasteiger partial charge in [-0.05, 0) is 0 Å². The van der Waals surface area contributed by atoms with Crippen LogP contribution in [0.15, 0.2) is 0 Å². The fraction of sp³-hybridized carbons (Fsp3) is 1.00. The molecular formula is C6H13NO2. The van der Waals surface area contributed by atoms with Gasteiger partial charge in [0.1, 0.15) is 0 Å². The van der Waals surface area contributed by atoms with Gasteiger partial charge in [0, 0.05) is 12.3 Å². The average molecular weight is 131 g/mol. The Morgan fingerprint density at radius 2 is 2.44 bits per heavy atom. The summed E-state index contributed by atoms with van der Waals surface area (Å²) in [6.45, 7) is 1.44. The molecule has 2 atom stereocenters. The maximum absolute atomic E-state index is 11.1. The minimum Gasteiger partial charge on any atom is -0.633 e. The first-order valence-corrected chi connectivity index (χ1v) is 3.30. The Hall–Kier alpha value is -0.120. The molecule has 0 aromatic rings. The lowest BCUT2D eigenvalue weighted by Crippen LogP contribution is -2.34. The lowest BCUT2D eigenvalue weighted by atomic mass is 10.1. The molecule has 0 radical (unpaired) electrons. The van der Waals surface area contributed by atoms with Gasteiger partial charge in [-0.1, -0.05) is 0 Å². The van der Waals surface area contributed by atoms with Gasteiger partial charge in [0.2, 0.25) is 0 Å². The fourth-order valence-electron chi connectivity index (χ4n) is 1.33. The molecule has 1 N–H and O–H groups in total. The zero-order valence-electron chi connectivity index (χ0n) is 5.71. The van der Waals surface area contributed by atoms with Gasteiger partial charge in [-0.15, -0.1) is 0 Å². The molecule has 0 amide bonds. The van der Waals surface area contributed by atoms with Crippen molar-refractivity contribution in [1.82, 2.24) is 0 Å². The van der Waals surface area contributed by atoms with Crippen molar-refractivity contribution in [3.8, 4) is 0 Å². The van der Waals surface area contributed by atoms with Gasteiger partial charge in [-0.3, -0.25) is 0 Å². The summed E-state index contributed by atoms with van der Waals surface area (Å²) in [5.74, 6) is 0.257.